The Labute approximate surface area is 129 Å². The highest BCUT2D eigenvalue weighted by molar-refractivity contribution is 6.02. The van der Waals surface area contributed by atoms with Crippen LogP contribution in [0.15, 0.2) is 48.5 Å². The molecule has 112 valence electrons. The normalized spacial score (nSPS) is 10.6. The van der Waals surface area contributed by atoms with Crippen LogP contribution in [0.5, 0.6) is 0 Å². The molecule has 4 heteroatoms. The van der Waals surface area contributed by atoms with Crippen LogP contribution in [0.3, 0.4) is 0 Å². The third-order valence-electron chi connectivity index (χ3n) is 3.28. The van der Waals surface area contributed by atoms with Gasteiger partial charge in [-0.15, -0.1) is 0 Å². The Morgan fingerprint density at radius 2 is 1.73 bits per heavy atom. The first kappa shape index (κ1) is 15.5. The second-order valence-electron chi connectivity index (χ2n) is 5.12. The van der Waals surface area contributed by atoms with E-state index in [1.807, 2.05) is 26.0 Å². The van der Waals surface area contributed by atoms with Gasteiger partial charge in [0.25, 0.3) is 0 Å². The van der Waals surface area contributed by atoms with Crippen LogP contribution < -0.4 is 11.1 Å². The maximum absolute atomic E-state index is 11.9. The molecule has 2 aromatic carbocycles. The van der Waals surface area contributed by atoms with Gasteiger partial charge in [-0.1, -0.05) is 23.8 Å². The fourth-order valence-corrected chi connectivity index (χ4v) is 2.08. The summed E-state index contributed by atoms with van der Waals surface area (Å²) in [6.07, 6.45) is 3.27. The van der Waals surface area contributed by atoms with Crippen molar-refractivity contribution in [2.45, 2.75) is 13.8 Å². The van der Waals surface area contributed by atoms with E-state index < -0.39 is 5.91 Å². The lowest BCUT2D eigenvalue weighted by molar-refractivity contribution is -0.111. The zero-order chi connectivity index (χ0) is 16.1. The largest absolute Gasteiger partial charge is 0.366 e. The molecule has 22 heavy (non-hydrogen) atoms. The molecule has 0 fully saturated rings. The lowest BCUT2D eigenvalue weighted by Gasteiger charge is -2.04. The van der Waals surface area contributed by atoms with Crippen molar-refractivity contribution in [1.29, 1.82) is 0 Å². The molecule has 0 unspecified atom stereocenters. The minimum atomic E-state index is -0.493. The molecule has 0 aliphatic heterocycles. The summed E-state index contributed by atoms with van der Waals surface area (Å²) in [4.78, 5) is 22.9. The van der Waals surface area contributed by atoms with Gasteiger partial charge in [0.15, 0.2) is 0 Å². The van der Waals surface area contributed by atoms with Crippen molar-refractivity contribution in [2.24, 2.45) is 5.73 Å². The number of rotatable bonds is 4. The van der Waals surface area contributed by atoms with Gasteiger partial charge >= 0.3 is 0 Å². The topological polar surface area (TPSA) is 72.2 Å². The molecule has 0 spiro atoms. The van der Waals surface area contributed by atoms with Gasteiger partial charge in [-0.2, -0.15) is 0 Å². The van der Waals surface area contributed by atoms with Gasteiger partial charge in [-0.25, -0.2) is 0 Å². The SMILES string of the molecule is Cc1ccc(/C=C\C(=O)Nc2ccc(C(N)=O)cc2)c(C)c1. The van der Waals surface area contributed by atoms with E-state index in [0.29, 0.717) is 11.3 Å². The van der Waals surface area contributed by atoms with E-state index >= 15 is 0 Å². The fraction of sp³-hybridized carbons (Fsp3) is 0.111. The van der Waals surface area contributed by atoms with E-state index in [-0.39, 0.29) is 5.91 Å². The fourth-order valence-electron chi connectivity index (χ4n) is 2.08. The highest BCUT2D eigenvalue weighted by Gasteiger charge is 2.02. The number of carbonyl (C=O) groups excluding carboxylic acids is 2. The van der Waals surface area contributed by atoms with Crippen molar-refractivity contribution in [3.8, 4) is 0 Å². The van der Waals surface area contributed by atoms with Gasteiger partial charge in [0.05, 0.1) is 0 Å². The van der Waals surface area contributed by atoms with Crippen molar-refractivity contribution < 1.29 is 9.59 Å². The molecule has 3 N–H and O–H groups in total. The van der Waals surface area contributed by atoms with Crippen molar-refractivity contribution in [1.82, 2.24) is 0 Å². The summed E-state index contributed by atoms with van der Waals surface area (Å²) >= 11 is 0. The van der Waals surface area contributed by atoms with E-state index in [9.17, 15) is 9.59 Å². The van der Waals surface area contributed by atoms with Gasteiger partial charge < -0.3 is 11.1 Å². The van der Waals surface area contributed by atoms with Crippen LogP contribution in [0.4, 0.5) is 5.69 Å². The van der Waals surface area contributed by atoms with E-state index in [0.717, 1.165) is 11.1 Å². The standard InChI is InChI=1S/C18H18N2O2/c1-12-3-4-14(13(2)11-12)7-10-17(21)20-16-8-5-15(6-9-16)18(19)22/h3-11H,1-2H3,(H2,19,22)(H,20,21)/b10-7-. The van der Waals surface area contributed by atoms with Gasteiger partial charge in [0.2, 0.25) is 11.8 Å². The summed E-state index contributed by atoms with van der Waals surface area (Å²) in [6.45, 7) is 4.04. The number of primary amides is 1. The summed E-state index contributed by atoms with van der Waals surface area (Å²) in [5.41, 5.74) is 9.50. The summed E-state index contributed by atoms with van der Waals surface area (Å²) in [5, 5.41) is 2.73. The van der Waals surface area contributed by atoms with Gasteiger partial charge in [-0.3, -0.25) is 9.59 Å². The molecule has 2 amide bonds. The monoisotopic (exact) mass is 294 g/mol. The van der Waals surface area contributed by atoms with E-state index in [1.165, 1.54) is 11.6 Å². The van der Waals surface area contributed by atoms with Crippen LogP contribution >= 0.6 is 0 Å². The summed E-state index contributed by atoms with van der Waals surface area (Å²) in [7, 11) is 0. The number of carbonyl (C=O) groups is 2. The first-order chi connectivity index (χ1) is 10.5. The Morgan fingerprint density at radius 1 is 1.05 bits per heavy atom. The Hall–Kier alpha value is -2.88. The molecule has 0 atom stereocenters. The minimum absolute atomic E-state index is 0.230. The van der Waals surface area contributed by atoms with E-state index in [1.54, 1.807) is 30.3 Å². The third kappa shape index (κ3) is 4.06. The zero-order valence-corrected chi connectivity index (χ0v) is 12.6. The minimum Gasteiger partial charge on any atom is -0.366 e. The average molecular weight is 294 g/mol. The molecule has 4 nitrogen and oxygen atoms in total. The van der Waals surface area contributed by atoms with Crippen molar-refractivity contribution >= 4 is 23.6 Å². The van der Waals surface area contributed by atoms with E-state index in [2.05, 4.69) is 11.4 Å². The molecule has 0 heterocycles. The van der Waals surface area contributed by atoms with Crippen LogP contribution in [0, 0.1) is 13.8 Å². The molecule has 2 aromatic rings. The van der Waals surface area contributed by atoms with Crippen LogP contribution in [0.2, 0.25) is 0 Å². The van der Waals surface area contributed by atoms with Crippen LogP contribution in [-0.4, -0.2) is 11.8 Å². The number of anilines is 1. The number of benzene rings is 2. The second kappa shape index (κ2) is 6.72. The Bertz CT molecular complexity index is 731. The number of aryl methyl sites for hydroxylation is 2. The van der Waals surface area contributed by atoms with Crippen LogP contribution in [0.1, 0.15) is 27.0 Å². The highest BCUT2D eigenvalue weighted by Crippen LogP contribution is 2.13. The first-order valence-electron chi connectivity index (χ1n) is 6.92. The third-order valence-corrected chi connectivity index (χ3v) is 3.28. The quantitative estimate of drug-likeness (QED) is 0.851. The zero-order valence-electron chi connectivity index (χ0n) is 12.6. The van der Waals surface area contributed by atoms with Crippen molar-refractivity contribution in [3.63, 3.8) is 0 Å². The van der Waals surface area contributed by atoms with Gasteiger partial charge in [0, 0.05) is 17.3 Å². The smallest absolute Gasteiger partial charge is 0.248 e. The number of nitrogens with one attached hydrogen (secondary N) is 1. The van der Waals surface area contributed by atoms with Gasteiger partial charge in [0.1, 0.15) is 0 Å². The van der Waals surface area contributed by atoms with Gasteiger partial charge in [-0.05, 0) is 55.3 Å². The molecule has 0 aromatic heterocycles. The van der Waals surface area contributed by atoms with Crippen molar-refractivity contribution in [2.75, 3.05) is 5.32 Å². The molecule has 0 bridgehead atoms. The molecule has 2 rings (SSSR count). The highest BCUT2D eigenvalue weighted by atomic mass is 16.1. The summed E-state index contributed by atoms with van der Waals surface area (Å²) in [5.74, 6) is -0.723. The van der Waals surface area contributed by atoms with Crippen LogP contribution in [0.25, 0.3) is 6.08 Å². The number of hydrogen-bond donors (Lipinski definition) is 2. The predicted molar refractivity (Wildman–Crippen MR) is 88.5 cm³/mol. The van der Waals surface area contributed by atoms with E-state index in [4.69, 9.17) is 5.73 Å². The molecule has 0 aliphatic carbocycles. The van der Waals surface area contributed by atoms with Crippen LogP contribution in [-0.2, 0) is 4.79 Å². The average Bonchev–Trinajstić information content (AvgIpc) is 2.47. The predicted octanol–water partition coefficient (Wildman–Crippen LogP) is 3.05. The molecule has 0 saturated heterocycles. The molecule has 0 aliphatic rings. The number of amides is 2. The maximum Gasteiger partial charge on any atom is 0.248 e. The molecular weight excluding hydrogens is 276 g/mol. The lowest BCUT2D eigenvalue weighted by atomic mass is 10.1. The number of nitrogens with two attached hydrogens (primary N) is 1. The number of hydrogen-bond acceptors (Lipinski definition) is 2. The Morgan fingerprint density at radius 3 is 2.32 bits per heavy atom. The second-order valence-corrected chi connectivity index (χ2v) is 5.12. The molecule has 0 radical (unpaired) electrons. The maximum atomic E-state index is 11.9. The lowest BCUT2D eigenvalue weighted by Crippen LogP contribution is -2.11. The Balaban J connectivity index is 2.03. The molecule has 0 saturated carbocycles. The van der Waals surface area contributed by atoms with Crippen molar-refractivity contribution in [3.05, 3.63) is 70.8 Å². The Kier molecular flexibility index (Phi) is 4.73. The summed E-state index contributed by atoms with van der Waals surface area (Å²) in [6, 6.07) is 12.5. The first-order valence-corrected chi connectivity index (χ1v) is 6.92. The molecular formula is C18H18N2O2. The summed E-state index contributed by atoms with van der Waals surface area (Å²) < 4.78 is 0.